The highest BCUT2D eigenvalue weighted by Crippen LogP contribution is 2.35. The van der Waals surface area contributed by atoms with E-state index in [-0.39, 0.29) is 17.2 Å². The third-order valence-corrected chi connectivity index (χ3v) is 6.67. The maximum atomic E-state index is 14.1. The van der Waals surface area contributed by atoms with Crippen LogP contribution in [-0.2, 0) is 20.2 Å². The van der Waals surface area contributed by atoms with Crippen LogP contribution in [0.25, 0.3) is 0 Å². The molecule has 1 fully saturated rings. The monoisotopic (exact) mass is 423 g/mol. The van der Waals surface area contributed by atoms with Gasteiger partial charge in [-0.25, -0.2) is 17.5 Å². The second-order valence-electron chi connectivity index (χ2n) is 6.97. The standard InChI is InChI=1S/C21H26FNO5S/c1-3-28-20-9-8-18(14-19(20)22)29(24,25)23-15-21(10-12-27-13-11-21)16-4-6-17(26-2)7-5-16/h4-9,14,23H,3,10-13,15H2,1-2H3. The van der Waals surface area contributed by atoms with Crippen molar-refractivity contribution in [2.24, 2.45) is 0 Å². The third kappa shape index (κ3) is 4.88. The Morgan fingerprint density at radius 3 is 2.41 bits per heavy atom. The summed E-state index contributed by atoms with van der Waals surface area (Å²) in [5.74, 6) is 0.0673. The van der Waals surface area contributed by atoms with Crippen molar-refractivity contribution in [2.45, 2.75) is 30.1 Å². The van der Waals surface area contributed by atoms with E-state index in [1.807, 2.05) is 24.3 Å². The van der Waals surface area contributed by atoms with Gasteiger partial charge in [0.15, 0.2) is 11.6 Å². The molecule has 1 aliphatic rings. The topological polar surface area (TPSA) is 73.9 Å². The van der Waals surface area contributed by atoms with Gasteiger partial charge in [0.1, 0.15) is 5.75 Å². The fraction of sp³-hybridized carbons (Fsp3) is 0.429. The highest BCUT2D eigenvalue weighted by Gasteiger charge is 2.36. The van der Waals surface area contributed by atoms with Gasteiger partial charge in [-0.3, -0.25) is 0 Å². The molecule has 0 bridgehead atoms. The minimum Gasteiger partial charge on any atom is -0.497 e. The molecule has 1 N–H and O–H groups in total. The molecule has 158 valence electrons. The van der Waals surface area contributed by atoms with Crippen LogP contribution in [0.15, 0.2) is 47.4 Å². The van der Waals surface area contributed by atoms with Crippen molar-refractivity contribution >= 4 is 10.0 Å². The van der Waals surface area contributed by atoms with E-state index in [0.29, 0.717) is 32.7 Å². The Morgan fingerprint density at radius 2 is 1.83 bits per heavy atom. The Bertz CT molecular complexity index is 925. The molecule has 3 rings (SSSR count). The minimum absolute atomic E-state index is 0.0329. The van der Waals surface area contributed by atoms with E-state index in [1.54, 1.807) is 14.0 Å². The molecule has 0 radical (unpaired) electrons. The Morgan fingerprint density at radius 1 is 1.14 bits per heavy atom. The van der Waals surface area contributed by atoms with E-state index >= 15 is 0 Å². The van der Waals surface area contributed by atoms with Gasteiger partial charge in [0, 0.05) is 25.2 Å². The molecule has 0 atom stereocenters. The van der Waals surface area contributed by atoms with Crippen LogP contribution in [0.4, 0.5) is 4.39 Å². The first-order valence-electron chi connectivity index (χ1n) is 9.54. The second-order valence-corrected chi connectivity index (χ2v) is 8.74. The lowest BCUT2D eigenvalue weighted by atomic mass is 9.74. The number of rotatable bonds is 8. The fourth-order valence-corrected chi connectivity index (χ4v) is 4.65. The van der Waals surface area contributed by atoms with E-state index in [0.717, 1.165) is 17.4 Å². The summed E-state index contributed by atoms with van der Waals surface area (Å²) in [4.78, 5) is -0.129. The van der Waals surface area contributed by atoms with E-state index in [4.69, 9.17) is 14.2 Å². The van der Waals surface area contributed by atoms with Gasteiger partial charge in [-0.15, -0.1) is 0 Å². The smallest absolute Gasteiger partial charge is 0.240 e. The van der Waals surface area contributed by atoms with Gasteiger partial charge < -0.3 is 14.2 Å². The molecular weight excluding hydrogens is 397 g/mol. The predicted molar refractivity (Wildman–Crippen MR) is 107 cm³/mol. The van der Waals surface area contributed by atoms with Gasteiger partial charge in [0.05, 0.1) is 18.6 Å². The molecule has 0 saturated carbocycles. The van der Waals surface area contributed by atoms with E-state index in [2.05, 4.69) is 4.72 Å². The number of sulfonamides is 1. The number of ether oxygens (including phenoxy) is 3. The summed E-state index contributed by atoms with van der Waals surface area (Å²) in [5, 5.41) is 0. The molecule has 0 spiro atoms. The van der Waals surface area contributed by atoms with Crippen LogP contribution in [0.5, 0.6) is 11.5 Å². The zero-order valence-electron chi connectivity index (χ0n) is 16.6. The highest BCUT2D eigenvalue weighted by molar-refractivity contribution is 7.89. The van der Waals surface area contributed by atoms with E-state index in [9.17, 15) is 12.8 Å². The zero-order chi connectivity index (χ0) is 20.9. The minimum atomic E-state index is -3.88. The second kappa shape index (κ2) is 9.11. The van der Waals surface area contributed by atoms with Crippen molar-refractivity contribution in [1.29, 1.82) is 0 Å². The summed E-state index contributed by atoms with van der Waals surface area (Å²) in [6, 6.07) is 11.3. The normalized spacial score (nSPS) is 16.4. The molecule has 0 amide bonds. The van der Waals surface area contributed by atoms with Crippen molar-refractivity contribution in [2.75, 3.05) is 33.5 Å². The van der Waals surface area contributed by atoms with Gasteiger partial charge in [0.25, 0.3) is 0 Å². The number of nitrogens with one attached hydrogen (secondary N) is 1. The molecule has 1 saturated heterocycles. The maximum absolute atomic E-state index is 14.1. The average molecular weight is 424 g/mol. The van der Waals surface area contributed by atoms with Crippen LogP contribution in [0.2, 0.25) is 0 Å². The molecule has 1 heterocycles. The Kier molecular flexibility index (Phi) is 6.77. The summed E-state index contributed by atoms with van der Waals surface area (Å²) in [7, 11) is -2.28. The molecule has 1 aliphatic heterocycles. The van der Waals surface area contributed by atoms with Gasteiger partial charge in [-0.1, -0.05) is 12.1 Å². The van der Waals surface area contributed by atoms with Crippen LogP contribution in [-0.4, -0.2) is 41.9 Å². The predicted octanol–water partition coefficient (Wildman–Crippen LogP) is 3.26. The highest BCUT2D eigenvalue weighted by atomic mass is 32.2. The first kappa shape index (κ1) is 21.5. The van der Waals surface area contributed by atoms with Crippen LogP contribution in [0, 0.1) is 5.82 Å². The quantitative estimate of drug-likeness (QED) is 0.706. The zero-order valence-corrected chi connectivity index (χ0v) is 17.4. The molecule has 6 nitrogen and oxygen atoms in total. The maximum Gasteiger partial charge on any atom is 0.240 e. The molecule has 2 aromatic carbocycles. The largest absolute Gasteiger partial charge is 0.497 e. The molecule has 0 aromatic heterocycles. The van der Waals surface area contributed by atoms with Crippen molar-refractivity contribution in [3.63, 3.8) is 0 Å². The number of halogens is 1. The molecule has 8 heteroatoms. The SMILES string of the molecule is CCOc1ccc(S(=O)(=O)NCC2(c3ccc(OC)cc3)CCOCC2)cc1F. The summed E-state index contributed by atoms with van der Waals surface area (Å²) in [6.45, 7) is 3.32. The Labute approximate surface area is 171 Å². The molecule has 0 unspecified atom stereocenters. The molecule has 2 aromatic rings. The molecule has 29 heavy (non-hydrogen) atoms. The fourth-order valence-electron chi connectivity index (χ4n) is 3.51. The lowest BCUT2D eigenvalue weighted by Gasteiger charge is -2.38. The van der Waals surface area contributed by atoms with Gasteiger partial charge in [-0.05, 0) is 55.7 Å². The summed E-state index contributed by atoms with van der Waals surface area (Å²) < 4.78 is 58.2. The van der Waals surface area contributed by atoms with Crippen molar-refractivity contribution in [3.05, 3.63) is 53.8 Å². The Hall–Kier alpha value is -2.16. The van der Waals surface area contributed by atoms with Crippen LogP contribution in [0.3, 0.4) is 0 Å². The lowest BCUT2D eigenvalue weighted by molar-refractivity contribution is 0.0517. The van der Waals surface area contributed by atoms with Crippen molar-refractivity contribution in [1.82, 2.24) is 4.72 Å². The van der Waals surface area contributed by atoms with Crippen molar-refractivity contribution < 1.29 is 27.0 Å². The van der Waals surface area contributed by atoms with Crippen LogP contribution < -0.4 is 14.2 Å². The van der Waals surface area contributed by atoms with Crippen LogP contribution >= 0.6 is 0 Å². The number of hydrogen-bond donors (Lipinski definition) is 1. The molecular formula is C21H26FNO5S. The Balaban J connectivity index is 1.82. The van der Waals surface area contributed by atoms with Gasteiger partial charge in [-0.2, -0.15) is 0 Å². The van der Waals surface area contributed by atoms with Crippen LogP contribution in [0.1, 0.15) is 25.3 Å². The molecule has 0 aliphatic carbocycles. The first-order chi connectivity index (χ1) is 13.9. The third-order valence-electron chi connectivity index (χ3n) is 5.27. The number of hydrogen-bond acceptors (Lipinski definition) is 5. The summed E-state index contributed by atoms with van der Waals surface area (Å²) >= 11 is 0. The summed E-state index contributed by atoms with van der Waals surface area (Å²) in [5.41, 5.74) is 0.615. The van der Waals surface area contributed by atoms with Gasteiger partial charge >= 0.3 is 0 Å². The first-order valence-corrected chi connectivity index (χ1v) is 11.0. The number of methoxy groups -OCH3 is 1. The average Bonchev–Trinajstić information content (AvgIpc) is 2.74. The summed E-state index contributed by atoms with van der Waals surface area (Å²) in [6.07, 6.45) is 1.36. The van der Waals surface area contributed by atoms with Gasteiger partial charge in [0.2, 0.25) is 10.0 Å². The number of benzene rings is 2. The van der Waals surface area contributed by atoms with E-state index in [1.165, 1.54) is 12.1 Å². The lowest BCUT2D eigenvalue weighted by Crippen LogP contribution is -2.44. The van der Waals surface area contributed by atoms with E-state index < -0.39 is 21.3 Å². The van der Waals surface area contributed by atoms with Crippen molar-refractivity contribution in [3.8, 4) is 11.5 Å².